The standard InChI is InChI=1S/C17H25N5OS/c1-14-19-20-17(22(14)12-15-8-5-4-6-9-15)24-13-16(23)18-10-7-11-21(2)3/h4-6,8-9H,7,10-13H2,1-3H3,(H,18,23). The van der Waals surface area contributed by atoms with Gasteiger partial charge in [-0.1, -0.05) is 42.1 Å². The van der Waals surface area contributed by atoms with Gasteiger partial charge in [0, 0.05) is 6.54 Å². The van der Waals surface area contributed by atoms with E-state index in [0.29, 0.717) is 18.8 Å². The zero-order valence-corrected chi connectivity index (χ0v) is 15.3. The molecule has 0 fully saturated rings. The van der Waals surface area contributed by atoms with Crippen LogP contribution in [-0.2, 0) is 11.3 Å². The molecule has 0 aliphatic heterocycles. The maximum Gasteiger partial charge on any atom is 0.230 e. The lowest BCUT2D eigenvalue weighted by molar-refractivity contribution is -0.118. The summed E-state index contributed by atoms with van der Waals surface area (Å²) in [4.78, 5) is 14.0. The van der Waals surface area contributed by atoms with Crippen molar-refractivity contribution in [3.63, 3.8) is 0 Å². The van der Waals surface area contributed by atoms with Crippen molar-refractivity contribution in [1.82, 2.24) is 25.0 Å². The quantitative estimate of drug-likeness (QED) is 0.553. The highest BCUT2D eigenvalue weighted by Crippen LogP contribution is 2.18. The summed E-state index contributed by atoms with van der Waals surface area (Å²) in [5.41, 5.74) is 1.19. The van der Waals surface area contributed by atoms with E-state index in [2.05, 4.69) is 32.5 Å². The number of nitrogens with zero attached hydrogens (tertiary/aromatic N) is 4. The van der Waals surface area contributed by atoms with E-state index in [4.69, 9.17) is 0 Å². The fourth-order valence-electron chi connectivity index (χ4n) is 2.22. The number of hydrogen-bond acceptors (Lipinski definition) is 5. The fourth-order valence-corrected chi connectivity index (χ4v) is 3.03. The van der Waals surface area contributed by atoms with Crippen LogP contribution in [0.3, 0.4) is 0 Å². The van der Waals surface area contributed by atoms with E-state index in [0.717, 1.165) is 23.9 Å². The molecule has 0 saturated carbocycles. The minimum absolute atomic E-state index is 0.0330. The summed E-state index contributed by atoms with van der Waals surface area (Å²) in [6.45, 7) is 4.32. The molecule has 130 valence electrons. The van der Waals surface area contributed by atoms with Crippen LogP contribution in [0.5, 0.6) is 0 Å². The van der Waals surface area contributed by atoms with Gasteiger partial charge in [-0.05, 0) is 39.5 Å². The van der Waals surface area contributed by atoms with Crippen molar-refractivity contribution in [1.29, 1.82) is 0 Å². The lowest BCUT2D eigenvalue weighted by Gasteiger charge is -2.10. The lowest BCUT2D eigenvalue weighted by atomic mass is 10.2. The third-order valence-corrected chi connectivity index (χ3v) is 4.49. The third-order valence-electron chi connectivity index (χ3n) is 3.52. The Hall–Kier alpha value is -1.86. The molecule has 0 radical (unpaired) electrons. The summed E-state index contributed by atoms with van der Waals surface area (Å²) < 4.78 is 2.04. The lowest BCUT2D eigenvalue weighted by Crippen LogP contribution is -2.28. The molecule has 1 aromatic carbocycles. The number of amides is 1. The maximum absolute atomic E-state index is 11.9. The molecule has 7 heteroatoms. The molecule has 0 unspecified atom stereocenters. The molecular formula is C17H25N5OS. The number of aryl methyl sites for hydroxylation is 1. The van der Waals surface area contributed by atoms with Crippen LogP contribution in [-0.4, -0.2) is 58.5 Å². The molecule has 0 bridgehead atoms. The number of carbonyl (C=O) groups is 1. The van der Waals surface area contributed by atoms with E-state index in [9.17, 15) is 4.79 Å². The van der Waals surface area contributed by atoms with Crippen LogP contribution < -0.4 is 5.32 Å². The van der Waals surface area contributed by atoms with Gasteiger partial charge in [0.15, 0.2) is 5.16 Å². The normalized spacial score (nSPS) is 11.0. The summed E-state index contributed by atoms with van der Waals surface area (Å²) in [6.07, 6.45) is 0.951. The first-order valence-electron chi connectivity index (χ1n) is 8.04. The SMILES string of the molecule is Cc1nnc(SCC(=O)NCCCN(C)C)n1Cc1ccccc1. The minimum atomic E-state index is 0.0330. The summed E-state index contributed by atoms with van der Waals surface area (Å²) in [5.74, 6) is 1.24. The van der Waals surface area contributed by atoms with Gasteiger partial charge in [0.05, 0.1) is 12.3 Å². The number of hydrogen-bond donors (Lipinski definition) is 1. The second kappa shape index (κ2) is 9.44. The van der Waals surface area contributed by atoms with Gasteiger partial charge in [0.25, 0.3) is 0 Å². The molecule has 0 aliphatic rings. The molecular weight excluding hydrogens is 322 g/mol. The largest absolute Gasteiger partial charge is 0.355 e. The van der Waals surface area contributed by atoms with E-state index < -0.39 is 0 Å². The summed E-state index contributed by atoms with van der Waals surface area (Å²) in [5, 5.41) is 12.1. The monoisotopic (exact) mass is 347 g/mol. The van der Waals surface area contributed by atoms with E-state index in [1.807, 2.05) is 43.8 Å². The Balaban J connectivity index is 1.83. The number of carbonyl (C=O) groups excluding carboxylic acids is 1. The molecule has 1 heterocycles. The van der Waals surface area contributed by atoms with Gasteiger partial charge in [-0.15, -0.1) is 10.2 Å². The van der Waals surface area contributed by atoms with Gasteiger partial charge in [-0.3, -0.25) is 4.79 Å². The van der Waals surface area contributed by atoms with Gasteiger partial charge in [-0.25, -0.2) is 0 Å². The number of nitrogens with one attached hydrogen (secondary N) is 1. The minimum Gasteiger partial charge on any atom is -0.355 e. The Morgan fingerprint density at radius 2 is 2.00 bits per heavy atom. The molecule has 24 heavy (non-hydrogen) atoms. The van der Waals surface area contributed by atoms with Crippen molar-refractivity contribution in [2.24, 2.45) is 0 Å². The first kappa shape index (κ1) is 18.5. The van der Waals surface area contributed by atoms with Crippen LogP contribution in [0.2, 0.25) is 0 Å². The van der Waals surface area contributed by atoms with Gasteiger partial charge in [-0.2, -0.15) is 0 Å². The van der Waals surface area contributed by atoms with Crippen LogP contribution in [0, 0.1) is 6.92 Å². The topological polar surface area (TPSA) is 63.1 Å². The summed E-state index contributed by atoms with van der Waals surface area (Å²) in [6, 6.07) is 10.2. The zero-order valence-electron chi connectivity index (χ0n) is 14.5. The van der Waals surface area contributed by atoms with Crippen LogP contribution >= 0.6 is 11.8 Å². The first-order valence-corrected chi connectivity index (χ1v) is 9.03. The Morgan fingerprint density at radius 1 is 1.25 bits per heavy atom. The fraction of sp³-hybridized carbons (Fsp3) is 0.471. The van der Waals surface area contributed by atoms with Crippen LogP contribution in [0.15, 0.2) is 35.5 Å². The highest BCUT2D eigenvalue weighted by Gasteiger charge is 2.12. The van der Waals surface area contributed by atoms with Crippen LogP contribution in [0.1, 0.15) is 17.8 Å². The van der Waals surface area contributed by atoms with Gasteiger partial charge in [0.2, 0.25) is 5.91 Å². The molecule has 0 atom stereocenters. The van der Waals surface area contributed by atoms with Crippen molar-refractivity contribution < 1.29 is 4.79 Å². The Kier molecular flexibility index (Phi) is 7.27. The van der Waals surface area contributed by atoms with Crippen LogP contribution in [0.4, 0.5) is 0 Å². The highest BCUT2D eigenvalue weighted by molar-refractivity contribution is 7.99. The second-order valence-corrected chi connectivity index (χ2v) is 6.84. The molecule has 1 N–H and O–H groups in total. The molecule has 2 aromatic rings. The second-order valence-electron chi connectivity index (χ2n) is 5.90. The van der Waals surface area contributed by atoms with Crippen molar-refractivity contribution >= 4 is 17.7 Å². The van der Waals surface area contributed by atoms with Gasteiger partial charge < -0.3 is 14.8 Å². The molecule has 2 rings (SSSR count). The van der Waals surface area contributed by atoms with Crippen LogP contribution in [0.25, 0.3) is 0 Å². The van der Waals surface area contributed by atoms with E-state index >= 15 is 0 Å². The van der Waals surface area contributed by atoms with Gasteiger partial charge in [0.1, 0.15) is 5.82 Å². The maximum atomic E-state index is 11.9. The van der Waals surface area contributed by atoms with Crippen molar-refractivity contribution in [2.45, 2.75) is 25.0 Å². The van der Waals surface area contributed by atoms with E-state index in [-0.39, 0.29) is 5.91 Å². The van der Waals surface area contributed by atoms with Crippen molar-refractivity contribution in [2.75, 3.05) is 32.9 Å². The predicted molar refractivity (Wildman–Crippen MR) is 97.2 cm³/mol. The average molecular weight is 347 g/mol. The van der Waals surface area contributed by atoms with E-state index in [1.54, 1.807) is 0 Å². The molecule has 6 nitrogen and oxygen atoms in total. The first-order chi connectivity index (χ1) is 11.6. The number of aromatic nitrogens is 3. The van der Waals surface area contributed by atoms with E-state index in [1.165, 1.54) is 17.3 Å². The van der Waals surface area contributed by atoms with Crippen molar-refractivity contribution in [3.05, 3.63) is 41.7 Å². The smallest absolute Gasteiger partial charge is 0.230 e. The summed E-state index contributed by atoms with van der Waals surface area (Å²) in [7, 11) is 4.05. The highest BCUT2D eigenvalue weighted by atomic mass is 32.2. The van der Waals surface area contributed by atoms with Crippen molar-refractivity contribution in [3.8, 4) is 0 Å². The molecule has 0 aliphatic carbocycles. The predicted octanol–water partition coefficient (Wildman–Crippen LogP) is 1.79. The molecule has 0 saturated heterocycles. The number of benzene rings is 1. The summed E-state index contributed by atoms with van der Waals surface area (Å²) >= 11 is 1.43. The average Bonchev–Trinajstić information content (AvgIpc) is 2.91. The molecule has 0 spiro atoms. The Bertz CT molecular complexity index is 642. The molecule has 1 aromatic heterocycles. The molecule has 1 amide bonds. The number of thioether (sulfide) groups is 1. The van der Waals surface area contributed by atoms with Gasteiger partial charge >= 0.3 is 0 Å². The Morgan fingerprint density at radius 3 is 2.71 bits per heavy atom. The third kappa shape index (κ3) is 5.98. The Labute approximate surface area is 147 Å². The number of rotatable bonds is 9. The zero-order chi connectivity index (χ0) is 17.4.